The molecule has 3 aliphatic rings. The zero-order chi connectivity index (χ0) is 32.0. The first-order valence-electron chi connectivity index (χ1n) is 15.6. The van der Waals surface area contributed by atoms with Crippen LogP contribution in [0.3, 0.4) is 0 Å². The minimum absolute atomic E-state index is 0.0137. The molecular weight excluding hydrogens is 602 g/mol. The van der Waals surface area contributed by atoms with Crippen molar-refractivity contribution < 1.29 is 42.0 Å². The van der Waals surface area contributed by atoms with Gasteiger partial charge in [0.1, 0.15) is 6.10 Å². The molecule has 5 rings (SSSR count). The minimum Gasteiger partial charge on any atom is -0.454 e. The lowest BCUT2D eigenvalue weighted by molar-refractivity contribution is -0.0907. The lowest BCUT2D eigenvalue weighted by Gasteiger charge is -2.35. The second-order valence-corrected chi connectivity index (χ2v) is 14.6. The molecule has 0 radical (unpaired) electrons. The van der Waals surface area contributed by atoms with Crippen molar-refractivity contribution in [2.75, 3.05) is 39.6 Å². The Morgan fingerprint density at radius 2 is 1.91 bits per heavy atom. The lowest BCUT2D eigenvalue weighted by Crippen LogP contribution is -2.52. The summed E-state index contributed by atoms with van der Waals surface area (Å²) < 4.78 is 57.3. The highest BCUT2D eigenvalue weighted by molar-refractivity contribution is 7.89. The van der Waals surface area contributed by atoms with Gasteiger partial charge in [0.05, 0.1) is 36.2 Å². The van der Waals surface area contributed by atoms with Crippen molar-refractivity contribution in [3.63, 3.8) is 0 Å². The number of hydrogen-bond acceptors (Lipinski definition) is 10. The molecule has 0 spiro atoms. The molecular formula is C32H45N3O9S. The Hall–Kier alpha value is -2.94. The van der Waals surface area contributed by atoms with Crippen LogP contribution in [0.15, 0.2) is 53.4 Å². The van der Waals surface area contributed by atoms with Crippen molar-refractivity contribution in [2.45, 2.75) is 75.4 Å². The first-order valence-corrected chi connectivity index (χ1v) is 17.0. The fourth-order valence-corrected chi connectivity index (χ4v) is 7.76. The molecule has 2 saturated heterocycles. The van der Waals surface area contributed by atoms with Gasteiger partial charge in [-0.15, -0.1) is 0 Å². The zero-order valence-electron chi connectivity index (χ0n) is 25.9. The lowest BCUT2D eigenvalue weighted by atomic mass is 9.87. The number of nitrogens with zero attached hydrogens (tertiary/aromatic N) is 1. The maximum Gasteiger partial charge on any atom is 0.407 e. The van der Waals surface area contributed by atoms with Gasteiger partial charge in [-0.25, -0.2) is 13.2 Å². The SMILES string of the molecule is CC(C)(CCCCN)CN(C[C@H](O)[C@H](Cc1ccccc1)NC(=O)O[C@@H]1CO[C@@H]2OCC[C@@H]21)S(=O)(=O)c1ccc2c(c1)OCO2. The third-order valence-corrected chi connectivity index (χ3v) is 10.4. The Kier molecular flexibility index (Phi) is 10.9. The number of ether oxygens (including phenoxy) is 5. The summed E-state index contributed by atoms with van der Waals surface area (Å²) in [4.78, 5) is 13.2. The van der Waals surface area contributed by atoms with Crippen LogP contribution in [0, 0.1) is 11.3 Å². The van der Waals surface area contributed by atoms with Crippen LogP contribution < -0.4 is 20.5 Å². The molecule has 5 atom stereocenters. The number of amides is 1. The normalized spacial score (nSPS) is 22.3. The number of nitrogens with two attached hydrogens (primary N) is 1. The predicted molar refractivity (Wildman–Crippen MR) is 165 cm³/mol. The van der Waals surface area contributed by atoms with Gasteiger partial charge < -0.3 is 39.8 Å². The number of aliphatic hydroxyl groups excluding tert-OH is 1. The van der Waals surface area contributed by atoms with E-state index in [0.29, 0.717) is 24.7 Å². The van der Waals surface area contributed by atoms with Crippen LogP contribution in [0.4, 0.5) is 4.79 Å². The average molecular weight is 648 g/mol. The molecule has 0 saturated carbocycles. The molecule has 4 N–H and O–H groups in total. The van der Waals surface area contributed by atoms with Crippen LogP contribution in [0.2, 0.25) is 0 Å². The number of carbonyl (C=O) groups is 1. The summed E-state index contributed by atoms with van der Waals surface area (Å²) in [6, 6.07) is 13.0. The van der Waals surface area contributed by atoms with Crippen LogP contribution in [-0.4, -0.2) is 88.1 Å². The second-order valence-electron chi connectivity index (χ2n) is 12.7. The number of nitrogens with one attached hydrogen (secondary N) is 1. The van der Waals surface area contributed by atoms with E-state index < -0.39 is 39.8 Å². The number of aliphatic hydroxyl groups is 1. The summed E-state index contributed by atoms with van der Waals surface area (Å²) in [6.07, 6.45) is 0.559. The molecule has 0 aliphatic carbocycles. The van der Waals surface area contributed by atoms with Gasteiger partial charge in [-0.05, 0) is 55.3 Å². The second kappa shape index (κ2) is 14.7. The molecule has 2 aromatic carbocycles. The minimum atomic E-state index is -4.11. The van der Waals surface area contributed by atoms with Gasteiger partial charge in [0.2, 0.25) is 16.8 Å². The van der Waals surface area contributed by atoms with Crippen LogP contribution in [0.1, 0.15) is 45.1 Å². The largest absolute Gasteiger partial charge is 0.454 e. The van der Waals surface area contributed by atoms with E-state index in [1.165, 1.54) is 16.4 Å². The molecule has 248 valence electrons. The van der Waals surface area contributed by atoms with E-state index in [-0.39, 0.29) is 50.0 Å². The number of carbonyl (C=O) groups excluding carboxylic acids is 1. The van der Waals surface area contributed by atoms with Crippen LogP contribution >= 0.6 is 0 Å². The maximum absolute atomic E-state index is 14.2. The fraction of sp³-hybridized carbons (Fsp3) is 0.594. The van der Waals surface area contributed by atoms with Gasteiger partial charge in [-0.1, -0.05) is 50.6 Å². The maximum atomic E-state index is 14.2. The van der Waals surface area contributed by atoms with Gasteiger partial charge in [0.15, 0.2) is 17.8 Å². The molecule has 2 aromatic rings. The van der Waals surface area contributed by atoms with Gasteiger partial charge in [0.25, 0.3) is 0 Å². The van der Waals surface area contributed by atoms with Crippen molar-refractivity contribution in [2.24, 2.45) is 17.1 Å². The zero-order valence-corrected chi connectivity index (χ0v) is 26.7. The molecule has 3 aliphatic heterocycles. The van der Waals surface area contributed by atoms with E-state index in [2.05, 4.69) is 5.32 Å². The number of sulfonamides is 1. The Balaban J connectivity index is 1.37. The third kappa shape index (κ3) is 8.46. The van der Waals surface area contributed by atoms with Gasteiger partial charge in [-0.3, -0.25) is 0 Å². The quantitative estimate of drug-likeness (QED) is 0.245. The van der Waals surface area contributed by atoms with Gasteiger partial charge >= 0.3 is 6.09 Å². The highest BCUT2D eigenvalue weighted by Crippen LogP contribution is 2.36. The summed E-state index contributed by atoms with van der Waals surface area (Å²) >= 11 is 0. The van der Waals surface area contributed by atoms with E-state index in [4.69, 9.17) is 29.4 Å². The van der Waals surface area contributed by atoms with Crippen LogP contribution in [-0.2, 0) is 30.7 Å². The van der Waals surface area contributed by atoms with E-state index in [0.717, 1.165) is 31.2 Å². The summed E-state index contributed by atoms with van der Waals surface area (Å²) in [6.45, 7) is 5.21. The van der Waals surface area contributed by atoms with Crippen molar-refractivity contribution in [3.05, 3.63) is 54.1 Å². The van der Waals surface area contributed by atoms with Crippen molar-refractivity contribution >= 4 is 16.1 Å². The van der Waals surface area contributed by atoms with Crippen molar-refractivity contribution in [1.29, 1.82) is 0 Å². The molecule has 0 unspecified atom stereocenters. The molecule has 2 fully saturated rings. The Labute approximate surface area is 265 Å². The van der Waals surface area contributed by atoms with Crippen LogP contribution in [0.25, 0.3) is 0 Å². The number of benzene rings is 2. The van der Waals surface area contributed by atoms with E-state index in [1.54, 1.807) is 6.07 Å². The van der Waals surface area contributed by atoms with Gasteiger partial charge in [-0.2, -0.15) is 4.31 Å². The smallest absolute Gasteiger partial charge is 0.407 e. The summed E-state index contributed by atoms with van der Waals surface area (Å²) in [5, 5.41) is 14.5. The molecule has 45 heavy (non-hydrogen) atoms. The highest BCUT2D eigenvalue weighted by Gasteiger charge is 2.44. The summed E-state index contributed by atoms with van der Waals surface area (Å²) in [5.74, 6) is 0.768. The van der Waals surface area contributed by atoms with E-state index in [9.17, 15) is 18.3 Å². The Bertz CT molecular complexity index is 1390. The molecule has 12 nitrogen and oxygen atoms in total. The topological polar surface area (TPSA) is 159 Å². The standard InChI is InChI=1S/C32H45N3O9S/c1-32(2,13-6-7-14-33)20-35(45(38,39)23-10-11-27-28(17-23)43-21-42-27)18-26(36)25(16-22-8-4-3-5-9-22)34-31(37)44-29-19-41-30-24(29)12-15-40-30/h3-5,8-11,17,24-26,29-30,36H,6-7,12-16,18-21,33H2,1-2H3,(H,34,37)/t24-,25+,26+,29-,30+/m1/s1. The molecule has 1 amide bonds. The number of hydrogen-bond donors (Lipinski definition) is 3. The van der Waals surface area contributed by atoms with Gasteiger partial charge in [0, 0.05) is 19.2 Å². The number of alkyl carbamates (subject to hydrolysis) is 1. The summed E-state index contributed by atoms with van der Waals surface area (Å²) in [5.41, 5.74) is 6.14. The third-order valence-electron chi connectivity index (χ3n) is 8.59. The highest BCUT2D eigenvalue weighted by atomic mass is 32.2. The monoisotopic (exact) mass is 647 g/mol. The summed E-state index contributed by atoms with van der Waals surface area (Å²) in [7, 11) is -4.11. The number of unbranched alkanes of at least 4 members (excludes halogenated alkanes) is 1. The van der Waals surface area contributed by atoms with E-state index >= 15 is 0 Å². The van der Waals surface area contributed by atoms with Crippen molar-refractivity contribution in [3.8, 4) is 11.5 Å². The first-order chi connectivity index (χ1) is 21.6. The predicted octanol–water partition coefficient (Wildman–Crippen LogP) is 3.02. The Morgan fingerprint density at radius 1 is 1.13 bits per heavy atom. The van der Waals surface area contributed by atoms with Crippen molar-refractivity contribution in [1.82, 2.24) is 9.62 Å². The van der Waals surface area contributed by atoms with E-state index in [1.807, 2.05) is 44.2 Å². The number of rotatable bonds is 15. The molecule has 0 aromatic heterocycles. The molecule has 3 heterocycles. The fourth-order valence-electron chi connectivity index (χ4n) is 6.10. The number of fused-ring (bicyclic) bond motifs is 2. The first kappa shape index (κ1) is 33.4. The molecule has 0 bridgehead atoms. The Morgan fingerprint density at radius 3 is 2.69 bits per heavy atom. The van der Waals surface area contributed by atoms with Crippen LogP contribution in [0.5, 0.6) is 11.5 Å². The molecule has 13 heteroatoms. The average Bonchev–Trinajstić information content (AvgIpc) is 3.75.